The molecule has 0 saturated carbocycles. The van der Waals surface area contributed by atoms with Gasteiger partial charge in [0.1, 0.15) is 5.76 Å². The van der Waals surface area contributed by atoms with Crippen LogP contribution in [0.1, 0.15) is 18.6 Å². The molecule has 0 atom stereocenters. The molecule has 0 aromatic carbocycles. The van der Waals surface area contributed by atoms with Gasteiger partial charge in [0.05, 0.1) is 25.8 Å². The van der Waals surface area contributed by atoms with Crippen LogP contribution in [-0.2, 0) is 16.1 Å². The van der Waals surface area contributed by atoms with Crippen molar-refractivity contribution < 1.29 is 13.9 Å². The van der Waals surface area contributed by atoms with Crippen LogP contribution in [0.5, 0.6) is 0 Å². The van der Waals surface area contributed by atoms with E-state index in [4.69, 9.17) is 9.15 Å². The molecule has 2 rings (SSSR count). The normalized spacial score (nSPS) is 16.3. The molecule has 1 aromatic rings. The van der Waals surface area contributed by atoms with E-state index in [1.54, 1.807) is 13.3 Å². The van der Waals surface area contributed by atoms with Crippen molar-refractivity contribution in [2.24, 2.45) is 10.9 Å². The minimum atomic E-state index is -0.108. The molecule has 21 heavy (non-hydrogen) atoms. The van der Waals surface area contributed by atoms with Gasteiger partial charge in [-0.2, -0.15) is 0 Å². The van der Waals surface area contributed by atoms with Crippen LogP contribution in [0.2, 0.25) is 0 Å². The predicted molar refractivity (Wildman–Crippen MR) is 90.6 cm³/mol. The molecule has 0 spiro atoms. The second kappa shape index (κ2) is 8.91. The molecule has 1 saturated heterocycles. The minimum Gasteiger partial charge on any atom is -0.469 e. The number of hydrogen-bond acceptors (Lipinski definition) is 4. The number of nitrogens with zero attached hydrogens (tertiary/aromatic N) is 2. The van der Waals surface area contributed by atoms with Gasteiger partial charge in [-0.1, -0.05) is 0 Å². The Morgan fingerprint density at radius 1 is 1.52 bits per heavy atom. The first-order valence-electron chi connectivity index (χ1n) is 6.80. The van der Waals surface area contributed by atoms with Crippen LogP contribution in [0, 0.1) is 5.92 Å². The Morgan fingerprint density at radius 3 is 2.76 bits per heavy atom. The third-order valence-electron chi connectivity index (χ3n) is 3.54. The van der Waals surface area contributed by atoms with E-state index >= 15 is 0 Å². The molecule has 1 N–H and O–H groups in total. The quantitative estimate of drug-likeness (QED) is 0.359. The van der Waals surface area contributed by atoms with E-state index in [1.165, 1.54) is 7.11 Å². The molecular formula is C14H22IN3O3. The Balaban J connectivity index is 0.00000220. The van der Waals surface area contributed by atoms with Gasteiger partial charge in [0.25, 0.3) is 0 Å². The van der Waals surface area contributed by atoms with Gasteiger partial charge in [0.15, 0.2) is 5.96 Å². The molecule has 0 bridgehead atoms. The van der Waals surface area contributed by atoms with Crippen LogP contribution < -0.4 is 5.32 Å². The molecule has 118 valence electrons. The maximum Gasteiger partial charge on any atom is 0.308 e. The van der Waals surface area contributed by atoms with Crippen LogP contribution in [-0.4, -0.2) is 44.1 Å². The third kappa shape index (κ3) is 4.90. The Kier molecular flexibility index (Phi) is 7.55. The van der Waals surface area contributed by atoms with E-state index < -0.39 is 0 Å². The van der Waals surface area contributed by atoms with E-state index in [0.29, 0.717) is 6.54 Å². The molecule has 6 nitrogen and oxygen atoms in total. The molecule has 0 amide bonds. The van der Waals surface area contributed by atoms with Crippen LogP contribution in [0.25, 0.3) is 0 Å². The van der Waals surface area contributed by atoms with Crippen LogP contribution in [0.3, 0.4) is 0 Å². The standard InChI is InChI=1S/C14H21N3O3.HI/c1-15-14(16-10-12-4-3-9-20-12)17-7-5-11(6-8-17)13(18)19-2;/h3-4,9,11H,5-8,10H2,1-2H3,(H,15,16);1H. The lowest BCUT2D eigenvalue weighted by Crippen LogP contribution is -2.46. The molecule has 1 fully saturated rings. The highest BCUT2D eigenvalue weighted by Gasteiger charge is 2.26. The fourth-order valence-corrected chi connectivity index (χ4v) is 2.41. The average Bonchev–Trinajstić information content (AvgIpc) is 3.01. The molecule has 0 aliphatic carbocycles. The average molecular weight is 407 g/mol. The second-order valence-electron chi connectivity index (χ2n) is 4.76. The summed E-state index contributed by atoms with van der Waals surface area (Å²) >= 11 is 0. The second-order valence-corrected chi connectivity index (χ2v) is 4.76. The lowest BCUT2D eigenvalue weighted by Gasteiger charge is -2.33. The van der Waals surface area contributed by atoms with Crippen molar-refractivity contribution in [3.05, 3.63) is 24.2 Å². The summed E-state index contributed by atoms with van der Waals surface area (Å²) in [5.74, 6) is 1.61. The number of rotatable bonds is 3. The highest BCUT2D eigenvalue weighted by molar-refractivity contribution is 14.0. The Hall–Kier alpha value is -1.25. The van der Waals surface area contributed by atoms with E-state index in [9.17, 15) is 4.79 Å². The number of halogens is 1. The number of carbonyl (C=O) groups is 1. The molecular weight excluding hydrogens is 385 g/mol. The number of nitrogens with one attached hydrogen (secondary N) is 1. The molecule has 2 heterocycles. The van der Waals surface area contributed by atoms with E-state index in [1.807, 2.05) is 12.1 Å². The zero-order chi connectivity index (χ0) is 14.4. The van der Waals surface area contributed by atoms with Crippen molar-refractivity contribution in [3.8, 4) is 0 Å². The van der Waals surface area contributed by atoms with Gasteiger partial charge in [0, 0.05) is 20.1 Å². The maximum atomic E-state index is 11.5. The Labute approximate surface area is 141 Å². The van der Waals surface area contributed by atoms with Gasteiger partial charge < -0.3 is 19.4 Å². The molecule has 1 aliphatic rings. The van der Waals surface area contributed by atoms with Gasteiger partial charge in [-0.25, -0.2) is 0 Å². The van der Waals surface area contributed by atoms with Crippen molar-refractivity contribution in [3.63, 3.8) is 0 Å². The SMILES string of the molecule is CN=C(NCc1ccco1)N1CCC(C(=O)OC)CC1.I. The Morgan fingerprint density at radius 2 is 2.24 bits per heavy atom. The van der Waals surface area contributed by atoms with Gasteiger partial charge in [-0.05, 0) is 25.0 Å². The summed E-state index contributed by atoms with van der Waals surface area (Å²) in [5, 5.41) is 3.27. The molecule has 1 aliphatic heterocycles. The molecule has 0 radical (unpaired) electrons. The lowest BCUT2D eigenvalue weighted by molar-refractivity contribution is -0.146. The maximum absolute atomic E-state index is 11.5. The number of hydrogen-bond donors (Lipinski definition) is 1. The Bertz CT molecular complexity index is 454. The number of furan rings is 1. The van der Waals surface area contributed by atoms with Crippen LogP contribution in [0.4, 0.5) is 0 Å². The number of ether oxygens (including phenoxy) is 1. The van der Waals surface area contributed by atoms with Crippen molar-refractivity contribution in [2.45, 2.75) is 19.4 Å². The van der Waals surface area contributed by atoms with Gasteiger partial charge in [-0.15, -0.1) is 24.0 Å². The van der Waals surface area contributed by atoms with Crippen molar-refractivity contribution in [2.75, 3.05) is 27.2 Å². The summed E-state index contributed by atoms with van der Waals surface area (Å²) in [7, 11) is 3.20. The number of piperidine rings is 1. The monoisotopic (exact) mass is 407 g/mol. The van der Waals surface area contributed by atoms with E-state index in [-0.39, 0.29) is 35.9 Å². The smallest absolute Gasteiger partial charge is 0.308 e. The zero-order valence-corrected chi connectivity index (χ0v) is 14.7. The topological polar surface area (TPSA) is 67.1 Å². The summed E-state index contributed by atoms with van der Waals surface area (Å²) in [6, 6.07) is 3.78. The predicted octanol–water partition coefficient (Wildman–Crippen LogP) is 1.86. The van der Waals surface area contributed by atoms with E-state index in [2.05, 4.69) is 15.2 Å². The van der Waals surface area contributed by atoms with Gasteiger partial charge in [-0.3, -0.25) is 9.79 Å². The highest BCUT2D eigenvalue weighted by Crippen LogP contribution is 2.18. The fourth-order valence-electron chi connectivity index (χ4n) is 2.41. The summed E-state index contributed by atoms with van der Waals surface area (Å²) in [5.41, 5.74) is 0. The van der Waals surface area contributed by atoms with Gasteiger partial charge in [0.2, 0.25) is 0 Å². The zero-order valence-electron chi connectivity index (χ0n) is 12.4. The number of likely N-dealkylation sites (tertiary alicyclic amines) is 1. The first-order valence-corrected chi connectivity index (χ1v) is 6.80. The number of aliphatic imine (C=N–C) groups is 1. The fraction of sp³-hybridized carbons (Fsp3) is 0.571. The summed E-state index contributed by atoms with van der Waals surface area (Å²) in [6.45, 7) is 2.21. The molecule has 0 unspecified atom stereocenters. The molecule has 1 aromatic heterocycles. The van der Waals surface area contributed by atoms with Crippen molar-refractivity contribution >= 4 is 35.9 Å². The first-order chi connectivity index (χ1) is 9.74. The minimum absolute atomic E-state index is 0. The number of esters is 1. The highest BCUT2D eigenvalue weighted by atomic mass is 127. The van der Waals surface area contributed by atoms with Crippen molar-refractivity contribution in [1.82, 2.24) is 10.2 Å². The van der Waals surface area contributed by atoms with Gasteiger partial charge >= 0.3 is 5.97 Å². The largest absolute Gasteiger partial charge is 0.469 e. The van der Waals surface area contributed by atoms with E-state index in [0.717, 1.165) is 37.7 Å². The van der Waals surface area contributed by atoms with Crippen LogP contribution >= 0.6 is 24.0 Å². The number of carbonyl (C=O) groups excluding carboxylic acids is 1. The first kappa shape index (κ1) is 17.8. The lowest BCUT2D eigenvalue weighted by atomic mass is 9.97. The van der Waals surface area contributed by atoms with Crippen LogP contribution in [0.15, 0.2) is 27.8 Å². The number of methoxy groups -OCH3 is 1. The van der Waals surface area contributed by atoms with Crippen molar-refractivity contribution in [1.29, 1.82) is 0 Å². The summed E-state index contributed by atoms with van der Waals surface area (Å²) in [4.78, 5) is 17.9. The number of guanidine groups is 1. The summed E-state index contributed by atoms with van der Waals surface area (Å²) < 4.78 is 10.1. The third-order valence-corrected chi connectivity index (χ3v) is 3.54. The molecule has 7 heteroatoms. The summed E-state index contributed by atoms with van der Waals surface area (Å²) in [6.07, 6.45) is 3.25.